The van der Waals surface area contributed by atoms with Gasteiger partial charge in [-0.2, -0.15) is 0 Å². The molecule has 0 spiro atoms. The molecule has 5 atom stereocenters. The van der Waals surface area contributed by atoms with E-state index in [1.165, 1.54) is 4.90 Å². The van der Waals surface area contributed by atoms with Gasteiger partial charge in [0, 0.05) is 6.54 Å². The molecular formula is C21H38N6O6. The standard InChI is InChI=1S/C21H38N6O6/c1-3-12(2)17(26-18(29)13(23)11-16(24)28)20(31)27-10-6-8-15(27)19(30)25-14(21(32)33)7-4-5-9-22/h12-15,17H,3-11,22-23H2,1-2H3,(H2,24,28)(H,25,30)(H,26,29)(H,32,33). The fraction of sp³-hybridized carbons (Fsp3) is 0.762. The van der Waals surface area contributed by atoms with Crippen molar-refractivity contribution in [3.8, 4) is 0 Å². The number of carbonyl (C=O) groups is 5. The highest BCUT2D eigenvalue weighted by Gasteiger charge is 2.40. The number of likely N-dealkylation sites (tertiary alicyclic amines) is 1. The predicted octanol–water partition coefficient (Wildman–Crippen LogP) is -1.59. The van der Waals surface area contributed by atoms with Gasteiger partial charge in [-0.1, -0.05) is 20.3 Å². The summed E-state index contributed by atoms with van der Waals surface area (Å²) in [5.74, 6) is -3.82. The van der Waals surface area contributed by atoms with Gasteiger partial charge in [0.1, 0.15) is 18.1 Å². The molecule has 0 radical (unpaired) electrons. The van der Waals surface area contributed by atoms with Gasteiger partial charge in [0.2, 0.25) is 23.6 Å². The van der Waals surface area contributed by atoms with Crippen LogP contribution < -0.4 is 27.8 Å². The van der Waals surface area contributed by atoms with Gasteiger partial charge >= 0.3 is 5.97 Å². The summed E-state index contributed by atoms with van der Waals surface area (Å²) < 4.78 is 0. The molecule has 33 heavy (non-hydrogen) atoms. The fourth-order valence-electron chi connectivity index (χ4n) is 3.75. The van der Waals surface area contributed by atoms with Gasteiger partial charge < -0.3 is 37.8 Å². The van der Waals surface area contributed by atoms with Gasteiger partial charge in [0.15, 0.2) is 0 Å². The second-order valence-corrected chi connectivity index (χ2v) is 8.52. The average molecular weight is 471 g/mol. The Bertz CT molecular complexity index is 717. The van der Waals surface area contributed by atoms with Gasteiger partial charge in [-0.25, -0.2) is 4.79 Å². The molecule has 9 N–H and O–H groups in total. The number of rotatable bonds is 14. The number of nitrogens with one attached hydrogen (secondary N) is 2. The molecule has 1 heterocycles. The van der Waals surface area contributed by atoms with E-state index < -0.39 is 53.8 Å². The van der Waals surface area contributed by atoms with Gasteiger partial charge in [-0.05, 0) is 44.6 Å². The Kier molecular flexibility index (Phi) is 11.8. The van der Waals surface area contributed by atoms with Crippen molar-refractivity contribution in [3.05, 3.63) is 0 Å². The van der Waals surface area contributed by atoms with Crippen LogP contribution in [0.25, 0.3) is 0 Å². The molecule has 0 saturated carbocycles. The third kappa shape index (κ3) is 8.61. The van der Waals surface area contributed by atoms with Crippen LogP contribution in [0.15, 0.2) is 0 Å². The second kappa shape index (κ2) is 13.7. The highest BCUT2D eigenvalue weighted by Crippen LogP contribution is 2.22. The van der Waals surface area contributed by atoms with Gasteiger partial charge in [-0.3, -0.25) is 19.2 Å². The summed E-state index contributed by atoms with van der Waals surface area (Å²) in [6, 6.07) is -4.05. The first-order valence-electron chi connectivity index (χ1n) is 11.4. The molecule has 0 aliphatic carbocycles. The van der Waals surface area contributed by atoms with Crippen molar-refractivity contribution in [1.82, 2.24) is 15.5 Å². The van der Waals surface area contributed by atoms with Crippen LogP contribution in [0.2, 0.25) is 0 Å². The zero-order chi connectivity index (χ0) is 25.1. The van der Waals surface area contributed by atoms with Crippen LogP contribution in [0.1, 0.15) is 58.8 Å². The normalized spacial score (nSPS) is 19.3. The second-order valence-electron chi connectivity index (χ2n) is 8.52. The molecule has 1 aliphatic rings. The van der Waals surface area contributed by atoms with Crippen molar-refractivity contribution in [2.75, 3.05) is 13.1 Å². The van der Waals surface area contributed by atoms with E-state index in [-0.39, 0.29) is 18.8 Å². The van der Waals surface area contributed by atoms with Gasteiger partial charge in [-0.15, -0.1) is 0 Å². The molecule has 12 heteroatoms. The third-order valence-electron chi connectivity index (χ3n) is 5.93. The minimum atomic E-state index is -1.19. The molecule has 0 aromatic rings. The fourth-order valence-corrected chi connectivity index (χ4v) is 3.75. The Hall–Kier alpha value is -2.73. The number of aliphatic carboxylic acids is 1. The van der Waals surface area contributed by atoms with Crippen LogP contribution in [0.4, 0.5) is 0 Å². The smallest absolute Gasteiger partial charge is 0.326 e. The van der Waals surface area contributed by atoms with Gasteiger partial charge in [0.25, 0.3) is 0 Å². The van der Waals surface area contributed by atoms with Crippen LogP contribution in [-0.4, -0.2) is 76.9 Å². The highest BCUT2D eigenvalue weighted by atomic mass is 16.4. The summed E-state index contributed by atoms with van der Waals surface area (Å²) in [4.78, 5) is 62.6. The summed E-state index contributed by atoms with van der Waals surface area (Å²) in [6.45, 7) is 4.37. The number of hydrogen-bond acceptors (Lipinski definition) is 7. The lowest BCUT2D eigenvalue weighted by atomic mass is 9.96. The quantitative estimate of drug-likeness (QED) is 0.162. The van der Waals surface area contributed by atoms with E-state index in [2.05, 4.69) is 10.6 Å². The lowest BCUT2D eigenvalue weighted by Crippen LogP contribution is -2.58. The van der Waals surface area contributed by atoms with Crippen LogP contribution in [0.3, 0.4) is 0 Å². The molecule has 0 bridgehead atoms. The summed E-state index contributed by atoms with van der Waals surface area (Å²) in [5.41, 5.74) is 16.2. The lowest BCUT2D eigenvalue weighted by Gasteiger charge is -2.32. The first kappa shape index (κ1) is 28.3. The minimum absolute atomic E-state index is 0.238. The van der Waals surface area contributed by atoms with E-state index in [4.69, 9.17) is 17.2 Å². The van der Waals surface area contributed by atoms with E-state index >= 15 is 0 Å². The molecule has 5 unspecified atom stereocenters. The summed E-state index contributed by atoms with van der Waals surface area (Å²) >= 11 is 0. The maximum atomic E-state index is 13.3. The van der Waals surface area contributed by atoms with Crippen molar-refractivity contribution in [3.63, 3.8) is 0 Å². The van der Waals surface area contributed by atoms with E-state index in [1.54, 1.807) is 6.92 Å². The number of nitrogens with two attached hydrogens (primary N) is 3. The Labute approximate surface area is 194 Å². The van der Waals surface area contributed by atoms with Gasteiger partial charge in [0.05, 0.1) is 12.5 Å². The minimum Gasteiger partial charge on any atom is -0.480 e. The zero-order valence-corrected chi connectivity index (χ0v) is 19.4. The number of nitrogens with zero attached hydrogens (tertiary/aromatic N) is 1. The van der Waals surface area contributed by atoms with Crippen molar-refractivity contribution in [2.45, 2.75) is 83.0 Å². The van der Waals surface area contributed by atoms with E-state index in [0.29, 0.717) is 45.2 Å². The Balaban J connectivity index is 2.94. The van der Waals surface area contributed by atoms with Crippen LogP contribution >= 0.6 is 0 Å². The molecule has 4 amide bonds. The highest BCUT2D eigenvalue weighted by molar-refractivity contribution is 5.95. The molecule has 0 aromatic heterocycles. The first-order chi connectivity index (χ1) is 15.5. The topological polar surface area (TPSA) is 211 Å². The number of unbranched alkanes of at least 4 members (excludes halogenated alkanes) is 1. The number of carboxylic acid groups (broad SMARTS) is 1. The number of carboxylic acids is 1. The van der Waals surface area contributed by atoms with Crippen molar-refractivity contribution in [1.29, 1.82) is 0 Å². The molecule has 1 rings (SSSR count). The summed E-state index contributed by atoms with van der Waals surface area (Å²) in [5, 5.41) is 14.6. The zero-order valence-electron chi connectivity index (χ0n) is 19.4. The monoisotopic (exact) mass is 470 g/mol. The van der Waals surface area contributed by atoms with Crippen molar-refractivity contribution < 1.29 is 29.1 Å². The van der Waals surface area contributed by atoms with E-state index in [1.807, 2.05) is 6.92 Å². The number of carbonyl (C=O) groups excluding carboxylic acids is 4. The summed E-state index contributed by atoms with van der Waals surface area (Å²) in [7, 11) is 0. The Morgan fingerprint density at radius 1 is 1.15 bits per heavy atom. The molecule has 0 aromatic carbocycles. The molecule has 188 valence electrons. The van der Waals surface area contributed by atoms with Crippen molar-refractivity contribution >= 4 is 29.6 Å². The molecule has 1 aliphatic heterocycles. The molecule has 1 saturated heterocycles. The Morgan fingerprint density at radius 2 is 1.82 bits per heavy atom. The average Bonchev–Trinajstić information content (AvgIpc) is 3.25. The largest absolute Gasteiger partial charge is 0.480 e. The molecule has 1 fully saturated rings. The van der Waals surface area contributed by atoms with Crippen LogP contribution in [-0.2, 0) is 24.0 Å². The summed E-state index contributed by atoms with van der Waals surface area (Å²) in [6.07, 6.45) is 2.59. The van der Waals surface area contributed by atoms with Crippen LogP contribution in [0.5, 0.6) is 0 Å². The predicted molar refractivity (Wildman–Crippen MR) is 120 cm³/mol. The lowest BCUT2D eigenvalue weighted by molar-refractivity contribution is -0.145. The van der Waals surface area contributed by atoms with E-state index in [0.717, 1.165) is 0 Å². The van der Waals surface area contributed by atoms with Crippen LogP contribution in [0, 0.1) is 5.92 Å². The molecule has 12 nitrogen and oxygen atoms in total. The SMILES string of the molecule is CCC(C)C(NC(=O)C(N)CC(N)=O)C(=O)N1CCCC1C(=O)NC(CCCCN)C(=O)O. The number of amides is 4. The molecular weight excluding hydrogens is 432 g/mol. The van der Waals surface area contributed by atoms with E-state index in [9.17, 15) is 29.1 Å². The maximum absolute atomic E-state index is 13.3. The number of hydrogen-bond donors (Lipinski definition) is 6. The third-order valence-corrected chi connectivity index (χ3v) is 5.93. The van der Waals surface area contributed by atoms with Crippen molar-refractivity contribution in [2.24, 2.45) is 23.1 Å². The maximum Gasteiger partial charge on any atom is 0.326 e. The number of primary amides is 1. The Morgan fingerprint density at radius 3 is 2.36 bits per heavy atom. The first-order valence-corrected chi connectivity index (χ1v) is 11.4.